The standard InChI is InChI=1S/C17H23N3O/c1-2-6-17(7-3-1)20-13-16(12-19-20)14-21-10-8-15-5-4-9-18-11-15/h1-3,6-7,12-13,15,18H,4-5,8-11,14H2. The van der Waals surface area contributed by atoms with Crippen molar-refractivity contribution in [3.8, 4) is 5.69 Å². The van der Waals surface area contributed by atoms with E-state index in [9.17, 15) is 0 Å². The van der Waals surface area contributed by atoms with E-state index in [4.69, 9.17) is 4.74 Å². The lowest BCUT2D eigenvalue weighted by Gasteiger charge is -2.22. The maximum atomic E-state index is 5.79. The van der Waals surface area contributed by atoms with Crippen molar-refractivity contribution < 1.29 is 4.74 Å². The molecule has 1 atom stereocenters. The molecule has 0 spiro atoms. The second-order valence-corrected chi connectivity index (χ2v) is 5.68. The van der Waals surface area contributed by atoms with Crippen molar-refractivity contribution in [2.75, 3.05) is 19.7 Å². The predicted molar refractivity (Wildman–Crippen MR) is 83.4 cm³/mol. The molecule has 1 aliphatic heterocycles. The minimum Gasteiger partial charge on any atom is -0.377 e. The van der Waals surface area contributed by atoms with Crippen molar-refractivity contribution >= 4 is 0 Å². The first-order valence-corrected chi connectivity index (χ1v) is 7.79. The maximum absolute atomic E-state index is 5.79. The summed E-state index contributed by atoms with van der Waals surface area (Å²) in [6.07, 6.45) is 7.71. The molecular formula is C17H23N3O. The topological polar surface area (TPSA) is 39.1 Å². The van der Waals surface area contributed by atoms with Gasteiger partial charge in [0.15, 0.2) is 0 Å². The monoisotopic (exact) mass is 285 g/mol. The molecule has 2 heterocycles. The van der Waals surface area contributed by atoms with Crippen LogP contribution in [0.3, 0.4) is 0 Å². The highest BCUT2D eigenvalue weighted by molar-refractivity contribution is 5.30. The van der Waals surface area contributed by atoms with Crippen LogP contribution in [-0.2, 0) is 11.3 Å². The van der Waals surface area contributed by atoms with Crippen LogP contribution in [-0.4, -0.2) is 29.5 Å². The average molecular weight is 285 g/mol. The molecule has 0 saturated carbocycles. The number of aromatic nitrogens is 2. The highest BCUT2D eigenvalue weighted by Gasteiger charge is 2.12. The molecule has 4 nitrogen and oxygen atoms in total. The van der Waals surface area contributed by atoms with Gasteiger partial charge in [-0.15, -0.1) is 0 Å². The summed E-state index contributed by atoms with van der Waals surface area (Å²) in [5, 5.41) is 7.83. The SMILES string of the molecule is c1ccc(-n2cc(COCCC3CCCNC3)cn2)cc1. The predicted octanol–water partition coefficient (Wildman–Crippen LogP) is 2.78. The Balaban J connectivity index is 1.42. The van der Waals surface area contributed by atoms with Gasteiger partial charge in [-0.2, -0.15) is 5.10 Å². The van der Waals surface area contributed by atoms with Gasteiger partial charge in [0.2, 0.25) is 0 Å². The van der Waals surface area contributed by atoms with Crippen LogP contribution in [0.15, 0.2) is 42.7 Å². The largest absolute Gasteiger partial charge is 0.377 e. The molecule has 1 aromatic carbocycles. The highest BCUT2D eigenvalue weighted by Crippen LogP contribution is 2.14. The first kappa shape index (κ1) is 14.3. The van der Waals surface area contributed by atoms with Crippen LogP contribution in [0.2, 0.25) is 0 Å². The highest BCUT2D eigenvalue weighted by atomic mass is 16.5. The number of ether oxygens (including phenoxy) is 1. The number of para-hydroxylation sites is 1. The van der Waals surface area contributed by atoms with Crippen molar-refractivity contribution in [2.45, 2.75) is 25.9 Å². The first-order valence-electron chi connectivity index (χ1n) is 7.79. The van der Waals surface area contributed by atoms with E-state index in [2.05, 4.69) is 10.4 Å². The number of hydrogen-bond acceptors (Lipinski definition) is 3. The second-order valence-electron chi connectivity index (χ2n) is 5.68. The van der Waals surface area contributed by atoms with E-state index in [1.807, 2.05) is 47.4 Å². The van der Waals surface area contributed by atoms with Gasteiger partial charge >= 0.3 is 0 Å². The molecule has 4 heteroatoms. The van der Waals surface area contributed by atoms with E-state index in [-0.39, 0.29) is 0 Å². The number of hydrogen-bond donors (Lipinski definition) is 1. The fourth-order valence-corrected chi connectivity index (χ4v) is 2.77. The summed E-state index contributed by atoms with van der Waals surface area (Å²) in [4.78, 5) is 0. The van der Waals surface area contributed by atoms with Crippen molar-refractivity contribution in [3.05, 3.63) is 48.3 Å². The number of piperidine rings is 1. The molecule has 1 unspecified atom stereocenters. The van der Waals surface area contributed by atoms with Crippen LogP contribution in [0.4, 0.5) is 0 Å². The molecule has 0 bridgehead atoms. The van der Waals surface area contributed by atoms with E-state index in [1.54, 1.807) is 0 Å². The zero-order chi connectivity index (χ0) is 14.3. The molecule has 1 N–H and O–H groups in total. The number of nitrogens with one attached hydrogen (secondary N) is 1. The quantitative estimate of drug-likeness (QED) is 0.830. The van der Waals surface area contributed by atoms with Crippen LogP contribution in [0, 0.1) is 5.92 Å². The summed E-state index contributed by atoms with van der Waals surface area (Å²) in [5.74, 6) is 0.783. The van der Waals surface area contributed by atoms with Gasteiger partial charge in [-0.1, -0.05) is 18.2 Å². The number of nitrogens with zero attached hydrogens (tertiary/aromatic N) is 2. The normalized spacial score (nSPS) is 18.8. The minimum absolute atomic E-state index is 0.646. The maximum Gasteiger partial charge on any atom is 0.0747 e. The van der Waals surface area contributed by atoms with Crippen molar-refractivity contribution in [3.63, 3.8) is 0 Å². The Morgan fingerprint density at radius 3 is 3.00 bits per heavy atom. The lowest BCUT2D eigenvalue weighted by molar-refractivity contribution is 0.103. The van der Waals surface area contributed by atoms with Crippen molar-refractivity contribution in [1.29, 1.82) is 0 Å². The molecule has 1 saturated heterocycles. The Morgan fingerprint density at radius 1 is 1.29 bits per heavy atom. The Bertz CT molecular complexity index is 532. The lowest BCUT2D eigenvalue weighted by atomic mass is 9.97. The van der Waals surface area contributed by atoms with Crippen LogP contribution in [0.1, 0.15) is 24.8 Å². The van der Waals surface area contributed by atoms with Crippen LogP contribution in [0.5, 0.6) is 0 Å². The van der Waals surface area contributed by atoms with Crippen LogP contribution < -0.4 is 5.32 Å². The average Bonchev–Trinajstić information content (AvgIpc) is 3.02. The Morgan fingerprint density at radius 2 is 2.19 bits per heavy atom. The molecular weight excluding hydrogens is 262 g/mol. The van der Waals surface area contributed by atoms with Crippen molar-refractivity contribution in [2.24, 2.45) is 5.92 Å². The van der Waals surface area contributed by atoms with Crippen molar-refractivity contribution in [1.82, 2.24) is 15.1 Å². The van der Waals surface area contributed by atoms with Crippen LogP contribution in [0.25, 0.3) is 5.69 Å². The molecule has 112 valence electrons. The molecule has 1 aliphatic rings. The zero-order valence-electron chi connectivity index (χ0n) is 12.4. The molecule has 1 aromatic heterocycles. The third-order valence-corrected chi connectivity index (χ3v) is 3.99. The Kier molecular flexibility index (Phi) is 5.03. The van der Waals surface area contributed by atoms with Gasteiger partial charge in [-0.3, -0.25) is 0 Å². The Labute approximate surface area is 126 Å². The summed E-state index contributed by atoms with van der Waals surface area (Å²) >= 11 is 0. The number of benzene rings is 1. The van der Waals surface area contributed by atoms with E-state index >= 15 is 0 Å². The van der Waals surface area contributed by atoms with E-state index in [1.165, 1.54) is 19.4 Å². The van der Waals surface area contributed by atoms with Gasteiger partial charge in [-0.05, 0) is 50.4 Å². The third-order valence-electron chi connectivity index (χ3n) is 3.99. The summed E-state index contributed by atoms with van der Waals surface area (Å²) in [6.45, 7) is 3.81. The van der Waals surface area contributed by atoms with E-state index in [0.717, 1.165) is 36.7 Å². The van der Waals surface area contributed by atoms with Crippen LogP contribution >= 0.6 is 0 Å². The molecule has 1 fully saturated rings. The van der Waals surface area contributed by atoms with Gasteiger partial charge < -0.3 is 10.1 Å². The zero-order valence-corrected chi connectivity index (χ0v) is 12.4. The second kappa shape index (κ2) is 7.38. The van der Waals surface area contributed by atoms with E-state index < -0.39 is 0 Å². The minimum atomic E-state index is 0.646. The summed E-state index contributed by atoms with van der Waals surface area (Å²) in [5.41, 5.74) is 2.21. The summed E-state index contributed by atoms with van der Waals surface area (Å²) < 4.78 is 7.68. The fraction of sp³-hybridized carbons (Fsp3) is 0.471. The Hall–Kier alpha value is -1.65. The fourth-order valence-electron chi connectivity index (χ4n) is 2.77. The molecule has 2 aromatic rings. The molecule has 3 rings (SSSR count). The van der Waals surface area contributed by atoms with Gasteiger partial charge in [0.05, 0.1) is 18.5 Å². The van der Waals surface area contributed by atoms with Gasteiger partial charge in [-0.25, -0.2) is 4.68 Å². The molecule has 0 radical (unpaired) electrons. The third kappa shape index (κ3) is 4.16. The molecule has 21 heavy (non-hydrogen) atoms. The van der Waals surface area contributed by atoms with Gasteiger partial charge in [0.1, 0.15) is 0 Å². The smallest absolute Gasteiger partial charge is 0.0747 e. The molecule has 0 aliphatic carbocycles. The van der Waals surface area contributed by atoms with Gasteiger partial charge in [0, 0.05) is 18.4 Å². The summed E-state index contributed by atoms with van der Waals surface area (Å²) in [7, 11) is 0. The molecule has 0 amide bonds. The first-order chi connectivity index (χ1) is 10.4. The summed E-state index contributed by atoms with van der Waals surface area (Å²) in [6, 6.07) is 10.1. The van der Waals surface area contributed by atoms with Gasteiger partial charge in [0.25, 0.3) is 0 Å². The van der Waals surface area contributed by atoms with E-state index in [0.29, 0.717) is 6.61 Å². The lowest BCUT2D eigenvalue weighted by Crippen LogP contribution is -2.30. The number of rotatable bonds is 6.